The fraction of sp³-hybridized carbons (Fsp3) is 0.379. The number of amides is 2. The first-order chi connectivity index (χ1) is 17.8. The summed E-state index contributed by atoms with van der Waals surface area (Å²) in [7, 11) is 0. The molecule has 8 heteroatoms. The summed E-state index contributed by atoms with van der Waals surface area (Å²) < 4.78 is 16.9. The molecule has 3 N–H and O–H groups in total. The van der Waals surface area contributed by atoms with Crippen molar-refractivity contribution in [1.29, 1.82) is 0 Å². The van der Waals surface area contributed by atoms with E-state index in [2.05, 4.69) is 42.8 Å². The molecule has 2 heterocycles. The molecule has 0 fully saturated rings. The molecule has 6 nitrogen and oxygen atoms in total. The number of nitrogens with one attached hydrogen (secondary N) is 1. The maximum Gasteiger partial charge on any atom is 0.318 e. The molecule has 3 aromatic rings. The second-order valence-electron chi connectivity index (χ2n) is 10.4. The normalized spacial score (nSPS) is 16.9. The Morgan fingerprint density at radius 2 is 1.86 bits per heavy atom. The number of thioether (sulfide) groups is 1. The maximum absolute atomic E-state index is 14.8. The maximum atomic E-state index is 14.8. The van der Waals surface area contributed by atoms with Gasteiger partial charge in [0.1, 0.15) is 12.0 Å². The van der Waals surface area contributed by atoms with Crippen LogP contribution in [-0.2, 0) is 6.54 Å². The van der Waals surface area contributed by atoms with E-state index in [0.29, 0.717) is 12.4 Å². The third-order valence-electron chi connectivity index (χ3n) is 6.35. The van der Waals surface area contributed by atoms with Gasteiger partial charge in [-0.3, -0.25) is 0 Å². The van der Waals surface area contributed by atoms with Crippen LogP contribution in [-0.4, -0.2) is 51.5 Å². The highest BCUT2D eigenvalue weighted by molar-refractivity contribution is 8.02. The van der Waals surface area contributed by atoms with Crippen LogP contribution in [0.4, 0.5) is 9.18 Å². The number of nitrogens with two attached hydrogens (primary N) is 1. The Balaban J connectivity index is 1.80. The summed E-state index contributed by atoms with van der Waals surface area (Å²) in [4.78, 5) is 20.4. The van der Waals surface area contributed by atoms with Crippen LogP contribution < -0.4 is 11.1 Å². The Morgan fingerprint density at radius 3 is 2.46 bits per heavy atom. The van der Waals surface area contributed by atoms with Gasteiger partial charge in [0.2, 0.25) is 0 Å². The molecule has 0 spiro atoms. The number of carbonyl (C=O) groups excluding carboxylic acids is 1. The van der Waals surface area contributed by atoms with E-state index in [4.69, 9.17) is 10.7 Å². The largest absolute Gasteiger partial charge is 0.331 e. The summed E-state index contributed by atoms with van der Waals surface area (Å²) in [5.41, 5.74) is 8.14. The number of nitrogens with zero attached hydrogens (tertiary/aromatic N) is 3. The van der Waals surface area contributed by atoms with Gasteiger partial charge in [-0.25, -0.2) is 14.2 Å². The van der Waals surface area contributed by atoms with Crippen LogP contribution in [0, 0.1) is 5.41 Å². The van der Waals surface area contributed by atoms with Crippen LogP contribution in [0.2, 0.25) is 0 Å². The Labute approximate surface area is 223 Å². The number of hydrogen-bond acceptors (Lipinski definition) is 4. The number of imidazole rings is 1. The second-order valence-corrected chi connectivity index (χ2v) is 11.4. The van der Waals surface area contributed by atoms with E-state index in [9.17, 15) is 9.18 Å². The van der Waals surface area contributed by atoms with Crippen LogP contribution in [0.1, 0.15) is 38.2 Å². The molecule has 1 aromatic heterocycles. The molecule has 1 aliphatic rings. The van der Waals surface area contributed by atoms with Crippen molar-refractivity contribution in [2.75, 3.05) is 18.8 Å². The third-order valence-corrected chi connectivity index (χ3v) is 7.25. The lowest BCUT2D eigenvalue weighted by molar-refractivity contribution is 0.0882. The van der Waals surface area contributed by atoms with Crippen LogP contribution in [0.5, 0.6) is 0 Å². The molecule has 1 aliphatic heterocycles. The molecular formula is C29H36FN5OS. The average Bonchev–Trinajstić information content (AvgIpc) is 3.54. The SMILES string of the molecule is CC(C)(C)[C@H](c1nc(-c2ccccc2)cn1Cc1ccccc1)N(C[C@@H](F)CN)C(=O)NC1C=CSC1. The van der Waals surface area contributed by atoms with Gasteiger partial charge in [0.05, 0.1) is 24.3 Å². The van der Waals surface area contributed by atoms with E-state index in [1.165, 1.54) is 0 Å². The van der Waals surface area contributed by atoms with Crippen molar-refractivity contribution in [1.82, 2.24) is 19.8 Å². The third kappa shape index (κ3) is 6.81. The van der Waals surface area contributed by atoms with Gasteiger partial charge < -0.3 is 20.5 Å². The molecule has 2 aromatic carbocycles. The fourth-order valence-electron chi connectivity index (χ4n) is 4.59. The number of carbonyl (C=O) groups is 1. The summed E-state index contributed by atoms with van der Waals surface area (Å²) in [5, 5.41) is 5.05. The van der Waals surface area contributed by atoms with Crippen LogP contribution >= 0.6 is 11.8 Å². The van der Waals surface area contributed by atoms with Gasteiger partial charge in [0, 0.05) is 30.6 Å². The van der Waals surface area contributed by atoms with Gasteiger partial charge in [-0.2, -0.15) is 0 Å². The first kappa shape index (κ1) is 26.9. The Kier molecular flexibility index (Phi) is 8.71. The summed E-state index contributed by atoms with van der Waals surface area (Å²) >= 11 is 1.64. The second kappa shape index (κ2) is 12.0. The summed E-state index contributed by atoms with van der Waals surface area (Å²) in [6.07, 6.45) is 2.64. The quantitative estimate of drug-likeness (QED) is 0.383. The predicted octanol–water partition coefficient (Wildman–Crippen LogP) is 5.62. The zero-order chi connectivity index (χ0) is 26.4. The fourth-order valence-corrected chi connectivity index (χ4v) is 5.40. The Morgan fingerprint density at radius 1 is 1.19 bits per heavy atom. The summed E-state index contributed by atoms with van der Waals surface area (Å²) in [5.74, 6) is 1.47. The highest BCUT2D eigenvalue weighted by Gasteiger charge is 2.40. The number of hydrogen-bond donors (Lipinski definition) is 2. The number of alkyl halides is 1. The molecule has 0 radical (unpaired) electrons. The van der Waals surface area contributed by atoms with E-state index in [0.717, 1.165) is 22.6 Å². The van der Waals surface area contributed by atoms with Crippen molar-refractivity contribution in [2.24, 2.45) is 11.1 Å². The Hall–Kier alpha value is -3.10. The van der Waals surface area contributed by atoms with Gasteiger partial charge in [-0.05, 0) is 16.4 Å². The minimum absolute atomic E-state index is 0.0968. The monoisotopic (exact) mass is 521 g/mol. The summed E-state index contributed by atoms with van der Waals surface area (Å²) in [6, 6.07) is 19.2. The minimum Gasteiger partial charge on any atom is -0.331 e. The number of halogens is 1. The van der Waals surface area contributed by atoms with Crippen LogP contribution in [0.3, 0.4) is 0 Å². The molecular weight excluding hydrogens is 485 g/mol. The number of urea groups is 1. The van der Waals surface area contributed by atoms with Gasteiger partial charge in [0.15, 0.2) is 0 Å². The molecule has 1 unspecified atom stereocenters. The molecule has 3 atom stereocenters. The molecule has 2 amide bonds. The lowest BCUT2D eigenvalue weighted by Gasteiger charge is -2.40. The van der Waals surface area contributed by atoms with E-state index < -0.39 is 17.6 Å². The number of benzene rings is 2. The van der Waals surface area contributed by atoms with Crippen molar-refractivity contribution >= 4 is 17.8 Å². The lowest BCUT2D eigenvalue weighted by atomic mass is 9.84. The Bertz CT molecular complexity index is 1190. The topological polar surface area (TPSA) is 76.2 Å². The number of aromatic nitrogens is 2. The average molecular weight is 522 g/mol. The van der Waals surface area contributed by atoms with Gasteiger partial charge >= 0.3 is 6.03 Å². The molecule has 0 saturated heterocycles. The van der Waals surface area contributed by atoms with Crippen molar-refractivity contribution < 1.29 is 9.18 Å². The van der Waals surface area contributed by atoms with Crippen molar-refractivity contribution in [3.63, 3.8) is 0 Å². The highest BCUT2D eigenvalue weighted by Crippen LogP contribution is 2.39. The predicted molar refractivity (Wildman–Crippen MR) is 150 cm³/mol. The first-order valence-corrected chi connectivity index (χ1v) is 13.7. The van der Waals surface area contributed by atoms with Gasteiger partial charge in [0.25, 0.3) is 0 Å². The van der Waals surface area contributed by atoms with E-state index in [1.807, 2.05) is 66.2 Å². The lowest BCUT2D eigenvalue weighted by Crippen LogP contribution is -2.52. The number of rotatable bonds is 9. The standard InChI is InChI=1S/C29H36FN5OS/c1-29(2,3)26(35(18-23(30)16-31)28(36)32-24-14-15-37-20-24)27-33-25(22-12-8-5-9-13-22)19-34(27)17-21-10-6-4-7-11-21/h4-15,19,23-24,26H,16-18,20,31H2,1-3H3,(H,32,36)/t23-,24?,26-/m0/s1. The van der Waals surface area contributed by atoms with Gasteiger partial charge in [-0.1, -0.05) is 87.5 Å². The van der Waals surface area contributed by atoms with Crippen molar-refractivity contribution in [3.8, 4) is 11.3 Å². The van der Waals surface area contributed by atoms with Crippen molar-refractivity contribution in [3.05, 3.63) is 89.7 Å². The molecule has 0 saturated carbocycles. The molecule has 4 rings (SSSR count). The van der Waals surface area contributed by atoms with E-state index in [1.54, 1.807) is 16.7 Å². The zero-order valence-corrected chi connectivity index (χ0v) is 22.5. The zero-order valence-electron chi connectivity index (χ0n) is 21.7. The first-order valence-electron chi connectivity index (χ1n) is 12.6. The smallest absolute Gasteiger partial charge is 0.318 e. The van der Waals surface area contributed by atoms with E-state index >= 15 is 0 Å². The van der Waals surface area contributed by atoms with Crippen LogP contribution in [0.15, 0.2) is 78.3 Å². The molecule has 0 bridgehead atoms. The molecule has 37 heavy (non-hydrogen) atoms. The van der Waals surface area contributed by atoms with Crippen LogP contribution in [0.25, 0.3) is 11.3 Å². The highest BCUT2D eigenvalue weighted by atomic mass is 32.2. The summed E-state index contributed by atoms with van der Waals surface area (Å²) in [6.45, 7) is 6.48. The van der Waals surface area contributed by atoms with Gasteiger partial charge in [-0.15, -0.1) is 11.8 Å². The molecule has 196 valence electrons. The van der Waals surface area contributed by atoms with Crippen molar-refractivity contribution in [2.45, 2.75) is 45.6 Å². The minimum atomic E-state index is -1.35. The van der Waals surface area contributed by atoms with E-state index in [-0.39, 0.29) is 25.2 Å². The molecule has 0 aliphatic carbocycles.